The number of aromatic nitrogens is 4. The van der Waals surface area contributed by atoms with Crippen LogP contribution in [0.2, 0.25) is 0 Å². The predicted octanol–water partition coefficient (Wildman–Crippen LogP) is 2.08. The molecular formula is C12H19N5. The van der Waals surface area contributed by atoms with E-state index in [4.69, 9.17) is 0 Å². The number of rotatable bonds is 5. The van der Waals surface area contributed by atoms with E-state index >= 15 is 0 Å². The first-order chi connectivity index (χ1) is 8.16. The molecule has 0 saturated heterocycles. The SMILES string of the molecule is Cc1cn(C(C)C)c(NCCn2ccnc2)n1. The lowest BCUT2D eigenvalue weighted by Crippen LogP contribution is -2.13. The average Bonchev–Trinajstić information content (AvgIpc) is 2.88. The van der Waals surface area contributed by atoms with Gasteiger partial charge in [0, 0.05) is 37.7 Å². The lowest BCUT2D eigenvalue weighted by molar-refractivity contribution is 0.601. The maximum absolute atomic E-state index is 4.48. The minimum Gasteiger partial charge on any atom is -0.354 e. The fourth-order valence-electron chi connectivity index (χ4n) is 1.76. The fourth-order valence-corrected chi connectivity index (χ4v) is 1.76. The van der Waals surface area contributed by atoms with Crippen molar-refractivity contribution in [2.45, 2.75) is 33.4 Å². The Bertz CT molecular complexity index is 455. The number of nitrogens with one attached hydrogen (secondary N) is 1. The molecule has 0 fully saturated rings. The summed E-state index contributed by atoms with van der Waals surface area (Å²) in [5, 5.41) is 3.36. The Hall–Kier alpha value is -1.78. The zero-order valence-corrected chi connectivity index (χ0v) is 10.6. The van der Waals surface area contributed by atoms with Gasteiger partial charge in [0.05, 0.1) is 12.0 Å². The Kier molecular flexibility index (Phi) is 3.46. The molecule has 2 rings (SSSR count). The highest BCUT2D eigenvalue weighted by atomic mass is 15.2. The first-order valence-corrected chi connectivity index (χ1v) is 5.92. The molecule has 0 spiro atoms. The maximum atomic E-state index is 4.48. The summed E-state index contributed by atoms with van der Waals surface area (Å²) in [6.45, 7) is 8.06. The highest BCUT2D eigenvalue weighted by Gasteiger charge is 2.07. The number of aryl methyl sites for hydroxylation is 1. The molecule has 0 aliphatic heterocycles. The van der Waals surface area contributed by atoms with Crippen LogP contribution >= 0.6 is 0 Å². The fraction of sp³-hybridized carbons (Fsp3) is 0.500. The molecule has 0 radical (unpaired) electrons. The van der Waals surface area contributed by atoms with Crippen molar-refractivity contribution in [3.05, 3.63) is 30.6 Å². The summed E-state index contributed by atoms with van der Waals surface area (Å²) in [6, 6.07) is 0.423. The average molecular weight is 233 g/mol. The van der Waals surface area contributed by atoms with E-state index in [1.807, 2.05) is 24.0 Å². The van der Waals surface area contributed by atoms with Crippen LogP contribution < -0.4 is 5.32 Å². The van der Waals surface area contributed by atoms with Gasteiger partial charge in [-0.3, -0.25) is 0 Å². The quantitative estimate of drug-likeness (QED) is 0.860. The third-order valence-corrected chi connectivity index (χ3v) is 2.62. The van der Waals surface area contributed by atoms with Crippen LogP contribution in [0, 0.1) is 6.92 Å². The molecule has 5 heteroatoms. The van der Waals surface area contributed by atoms with Gasteiger partial charge in [-0.25, -0.2) is 9.97 Å². The monoisotopic (exact) mass is 233 g/mol. The van der Waals surface area contributed by atoms with E-state index in [2.05, 4.69) is 39.9 Å². The molecule has 2 aromatic rings. The maximum Gasteiger partial charge on any atom is 0.203 e. The largest absolute Gasteiger partial charge is 0.354 e. The third-order valence-electron chi connectivity index (χ3n) is 2.62. The van der Waals surface area contributed by atoms with Crippen molar-refractivity contribution >= 4 is 5.95 Å². The number of nitrogens with zero attached hydrogens (tertiary/aromatic N) is 4. The molecule has 5 nitrogen and oxygen atoms in total. The molecule has 92 valence electrons. The highest BCUT2D eigenvalue weighted by molar-refractivity contribution is 5.29. The minimum atomic E-state index is 0.423. The van der Waals surface area contributed by atoms with Crippen LogP contribution in [0.1, 0.15) is 25.6 Å². The molecule has 0 amide bonds. The second kappa shape index (κ2) is 5.03. The molecule has 0 atom stereocenters. The van der Waals surface area contributed by atoms with Crippen LogP contribution in [0.5, 0.6) is 0 Å². The van der Waals surface area contributed by atoms with E-state index in [0.717, 1.165) is 24.7 Å². The summed E-state index contributed by atoms with van der Waals surface area (Å²) in [6.07, 6.45) is 7.65. The zero-order valence-electron chi connectivity index (χ0n) is 10.6. The van der Waals surface area contributed by atoms with E-state index in [9.17, 15) is 0 Å². The molecular weight excluding hydrogens is 214 g/mol. The van der Waals surface area contributed by atoms with Crippen LogP contribution in [-0.4, -0.2) is 25.6 Å². The van der Waals surface area contributed by atoms with Gasteiger partial charge in [-0.15, -0.1) is 0 Å². The molecule has 0 aromatic carbocycles. The van der Waals surface area contributed by atoms with Crippen LogP contribution in [0.25, 0.3) is 0 Å². The van der Waals surface area contributed by atoms with Crippen molar-refractivity contribution in [1.82, 2.24) is 19.1 Å². The van der Waals surface area contributed by atoms with Crippen LogP contribution in [0.3, 0.4) is 0 Å². The Morgan fingerprint density at radius 3 is 2.88 bits per heavy atom. The number of hydrogen-bond acceptors (Lipinski definition) is 3. The molecule has 0 unspecified atom stereocenters. The summed E-state index contributed by atoms with van der Waals surface area (Å²) < 4.78 is 4.20. The standard InChI is InChI=1S/C12H19N5/c1-10(2)17-8-11(3)15-12(17)14-5-7-16-6-4-13-9-16/h4,6,8-10H,5,7H2,1-3H3,(H,14,15). The normalized spacial score (nSPS) is 11.1. The van der Waals surface area contributed by atoms with Gasteiger partial charge in [0.1, 0.15) is 0 Å². The van der Waals surface area contributed by atoms with Gasteiger partial charge in [-0.05, 0) is 20.8 Å². The Morgan fingerprint density at radius 2 is 2.24 bits per heavy atom. The van der Waals surface area contributed by atoms with E-state index < -0.39 is 0 Å². The van der Waals surface area contributed by atoms with Gasteiger partial charge in [0.25, 0.3) is 0 Å². The summed E-state index contributed by atoms with van der Waals surface area (Å²) in [7, 11) is 0. The van der Waals surface area contributed by atoms with Crippen LogP contribution in [0.15, 0.2) is 24.9 Å². The number of imidazole rings is 2. The summed E-state index contributed by atoms with van der Waals surface area (Å²) in [4.78, 5) is 8.49. The van der Waals surface area contributed by atoms with Gasteiger partial charge in [-0.2, -0.15) is 0 Å². The van der Waals surface area contributed by atoms with Gasteiger partial charge in [0.15, 0.2) is 0 Å². The van der Waals surface area contributed by atoms with Gasteiger partial charge >= 0.3 is 0 Å². The summed E-state index contributed by atoms with van der Waals surface area (Å²) in [5.74, 6) is 0.942. The zero-order chi connectivity index (χ0) is 12.3. The number of anilines is 1. The Labute approximate surface area is 102 Å². The third kappa shape index (κ3) is 2.87. The summed E-state index contributed by atoms with van der Waals surface area (Å²) in [5.41, 5.74) is 1.05. The molecule has 0 aliphatic rings. The molecule has 0 saturated carbocycles. The van der Waals surface area contributed by atoms with Crippen molar-refractivity contribution in [2.24, 2.45) is 0 Å². The smallest absolute Gasteiger partial charge is 0.203 e. The van der Waals surface area contributed by atoms with Gasteiger partial charge in [0.2, 0.25) is 5.95 Å². The van der Waals surface area contributed by atoms with Crippen molar-refractivity contribution in [2.75, 3.05) is 11.9 Å². The molecule has 2 heterocycles. The summed E-state index contributed by atoms with van der Waals surface area (Å²) >= 11 is 0. The minimum absolute atomic E-state index is 0.423. The van der Waals surface area contributed by atoms with Gasteiger partial charge in [-0.1, -0.05) is 0 Å². The molecule has 1 N–H and O–H groups in total. The second-order valence-corrected chi connectivity index (χ2v) is 4.43. The van der Waals surface area contributed by atoms with Crippen molar-refractivity contribution in [3.8, 4) is 0 Å². The Balaban J connectivity index is 1.94. The van der Waals surface area contributed by atoms with Crippen molar-refractivity contribution < 1.29 is 0 Å². The highest BCUT2D eigenvalue weighted by Crippen LogP contribution is 2.14. The van der Waals surface area contributed by atoms with E-state index in [0.29, 0.717) is 6.04 Å². The topological polar surface area (TPSA) is 47.7 Å². The Morgan fingerprint density at radius 1 is 1.41 bits per heavy atom. The molecule has 2 aromatic heterocycles. The van der Waals surface area contributed by atoms with Gasteiger partial charge < -0.3 is 14.5 Å². The molecule has 17 heavy (non-hydrogen) atoms. The van der Waals surface area contributed by atoms with E-state index in [-0.39, 0.29) is 0 Å². The predicted molar refractivity (Wildman–Crippen MR) is 68.1 cm³/mol. The van der Waals surface area contributed by atoms with Crippen molar-refractivity contribution in [3.63, 3.8) is 0 Å². The van der Waals surface area contributed by atoms with Crippen LogP contribution in [-0.2, 0) is 6.54 Å². The first kappa shape index (κ1) is 11.7. The van der Waals surface area contributed by atoms with Crippen LogP contribution in [0.4, 0.5) is 5.95 Å². The molecule has 0 aliphatic carbocycles. The van der Waals surface area contributed by atoms with E-state index in [1.54, 1.807) is 6.20 Å². The molecule has 0 bridgehead atoms. The second-order valence-electron chi connectivity index (χ2n) is 4.43. The number of hydrogen-bond donors (Lipinski definition) is 1. The van der Waals surface area contributed by atoms with E-state index in [1.165, 1.54) is 0 Å². The lowest BCUT2D eigenvalue weighted by Gasteiger charge is -2.12. The lowest BCUT2D eigenvalue weighted by atomic mass is 10.4. The first-order valence-electron chi connectivity index (χ1n) is 5.92. The van der Waals surface area contributed by atoms with Crippen molar-refractivity contribution in [1.29, 1.82) is 0 Å².